The molecule has 1 saturated carbocycles. The minimum atomic E-state index is -0.357. The minimum Gasteiger partial charge on any atom is -0.337 e. The lowest BCUT2D eigenvalue weighted by Gasteiger charge is -2.35. The average molecular weight is 318 g/mol. The largest absolute Gasteiger partial charge is 0.337 e. The van der Waals surface area contributed by atoms with Gasteiger partial charge in [0.2, 0.25) is 0 Å². The molecule has 1 aliphatic carbocycles. The second-order valence-corrected chi connectivity index (χ2v) is 7.32. The number of benzene rings is 1. The maximum absolute atomic E-state index is 5.47. The van der Waals surface area contributed by atoms with Crippen molar-refractivity contribution in [2.24, 2.45) is 10.2 Å². The van der Waals surface area contributed by atoms with Gasteiger partial charge in [-0.25, -0.2) is 0 Å². The first-order chi connectivity index (χ1) is 10.4. The van der Waals surface area contributed by atoms with Gasteiger partial charge in [-0.1, -0.05) is 24.6 Å². The molecular weight excluding hydrogens is 292 g/mol. The van der Waals surface area contributed by atoms with Crippen LogP contribution in [0.2, 0.25) is 0 Å². The molecule has 2 N–H and O–H groups in total. The van der Waals surface area contributed by atoms with E-state index in [9.17, 15) is 0 Å². The maximum Gasteiger partial charge on any atom is 0.172 e. The molecule has 4 nitrogen and oxygen atoms in total. The summed E-state index contributed by atoms with van der Waals surface area (Å²) in [5.74, 6) is 0. The molecule has 0 saturated heterocycles. The highest BCUT2D eigenvalue weighted by Gasteiger charge is 2.33. The van der Waals surface area contributed by atoms with E-state index < -0.39 is 0 Å². The number of anilines is 1. The number of nitrogens with zero attached hydrogens (tertiary/aromatic N) is 2. The molecule has 1 aliphatic rings. The Morgan fingerprint density at radius 1 is 1.09 bits per heavy atom. The van der Waals surface area contributed by atoms with Gasteiger partial charge in [0.1, 0.15) is 0 Å². The standard InChI is InChI=1S/C17H26N4S/c1-16(2,3)20-21-17(12-8-5-9-13-17)19-15(22)18-14-10-6-4-7-11-14/h4,6-7,10-11H,5,8-9,12-13H2,1-3H3,(H2,18,19,22)/b21-20+. The van der Waals surface area contributed by atoms with Crippen molar-refractivity contribution in [2.45, 2.75) is 64.1 Å². The van der Waals surface area contributed by atoms with Gasteiger partial charge in [-0.15, -0.1) is 0 Å². The fraction of sp³-hybridized carbons (Fsp3) is 0.588. The molecular formula is C17H26N4S. The van der Waals surface area contributed by atoms with Gasteiger partial charge in [0.15, 0.2) is 10.8 Å². The van der Waals surface area contributed by atoms with E-state index in [1.165, 1.54) is 6.42 Å². The number of azo groups is 1. The normalized spacial score (nSPS) is 18.1. The van der Waals surface area contributed by atoms with Crippen LogP contribution in [0.5, 0.6) is 0 Å². The molecule has 0 heterocycles. The topological polar surface area (TPSA) is 48.8 Å². The Balaban J connectivity index is 2.06. The Morgan fingerprint density at radius 3 is 2.32 bits per heavy atom. The van der Waals surface area contributed by atoms with Crippen LogP contribution in [-0.4, -0.2) is 16.3 Å². The summed E-state index contributed by atoms with van der Waals surface area (Å²) in [6.45, 7) is 6.19. The van der Waals surface area contributed by atoms with Crippen LogP contribution in [0.4, 0.5) is 5.69 Å². The van der Waals surface area contributed by atoms with Crippen molar-refractivity contribution in [1.82, 2.24) is 5.32 Å². The van der Waals surface area contributed by atoms with E-state index in [0.717, 1.165) is 31.4 Å². The first-order valence-electron chi connectivity index (χ1n) is 7.97. The molecule has 1 aromatic rings. The van der Waals surface area contributed by atoms with Crippen molar-refractivity contribution in [3.63, 3.8) is 0 Å². The van der Waals surface area contributed by atoms with Crippen molar-refractivity contribution in [3.05, 3.63) is 30.3 Å². The number of hydrogen-bond acceptors (Lipinski definition) is 3. The number of para-hydroxylation sites is 1. The smallest absolute Gasteiger partial charge is 0.172 e. The van der Waals surface area contributed by atoms with Crippen molar-refractivity contribution >= 4 is 23.0 Å². The summed E-state index contributed by atoms with van der Waals surface area (Å²) in [5, 5.41) is 16.4. The maximum atomic E-state index is 5.47. The Bertz CT molecular complexity index is 513. The molecule has 5 heteroatoms. The lowest BCUT2D eigenvalue weighted by atomic mass is 9.89. The summed E-state index contributed by atoms with van der Waals surface area (Å²) in [6, 6.07) is 9.96. The van der Waals surface area contributed by atoms with E-state index in [1.54, 1.807) is 0 Å². The Morgan fingerprint density at radius 2 is 1.73 bits per heavy atom. The third-order valence-electron chi connectivity index (χ3n) is 3.60. The molecule has 0 amide bonds. The Hall–Kier alpha value is -1.49. The van der Waals surface area contributed by atoms with Crippen LogP contribution in [0.25, 0.3) is 0 Å². The average Bonchev–Trinajstić information content (AvgIpc) is 2.46. The zero-order valence-electron chi connectivity index (χ0n) is 13.7. The zero-order chi connectivity index (χ0) is 16.1. The van der Waals surface area contributed by atoms with Gasteiger partial charge in [-0.05, 0) is 70.8 Å². The highest BCUT2D eigenvalue weighted by molar-refractivity contribution is 7.80. The van der Waals surface area contributed by atoms with Gasteiger partial charge in [-0.2, -0.15) is 10.2 Å². The fourth-order valence-corrected chi connectivity index (χ4v) is 2.84. The van der Waals surface area contributed by atoms with E-state index >= 15 is 0 Å². The lowest BCUT2D eigenvalue weighted by molar-refractivity contribution is 0.256. The van der Waals surface area contributed by atoms with Gasteiger partial charge < -0.3 is 10.6 Å². The summed E-state index contributed by atoms with van der Waals surface area (Å²) in [6.07, 6.45) is 5.52. The number of thiocarbonyl (C=S) groups is 1. The molecule has 0 atom stereocenters. The molecule has 1 aromatic carbocycles. The monoisotopic (exact) mass is 318 g/mol. The molecule has 22 heavy (non-hydrogen) atoms. The number of nitrogens with one attached hydrogen (secondary N) is 2. The van der Waals surface area contributed by atoms with Crippen LogP contribution in [0, 0.1) is 0 Å². The van der Waals surface area contributed by atoms with Crippen LogP contribution < -0.4 is 10.6 Å². The second-order valence-electron chi connectivity index (χ2n) is 6.91. The molecule has 0 radical (unpaired) electrons. The third kappa shape index (κ3) is 5.37. The summed E-state index contributed by atoms with van der Waals surface area (Å²) in [7, 11) is 0. The van der Waals surface area contributed by atoms with Crippen LogP contribution in [-0.2, 0) is 0 Å². The van der Waals surface area contributed by atoms with Crippen molar-refractivity contribution in [3.8, 4) is 0 Å². The minimum absolute atomic E-state index is 0.166. The second kappa shape index (κ2) is 7.18. The zero-order valence-corrected chi connectivity index (χ0v) is 14.5. The van der Waals surface area contributed by atoms with Gasteiger partial charge in [-0.3, -0.25) is 0 Å². The molecule has 1 fully saturated rings. The van der Waals surface area contributed by atoms with Crippen molar-refractivity contribution in [1.29, 1.82) is 0 Å². The first kappa shape index (κ1) is 16.9. The molecule has 0 bridgehead atoms. The molecule has 0 aliphatic heterocycles. The molecule has 120 valence electrons. The van der Waals surface area contributed by atoms with Gasteiger partial charge >= 0.3 is 0 Å². The van der Waals surface area contributed by atoms with E-state index in [2.05, 4.69) is 41.6 Å². The third-order valence-corrected chi connectivity index (χ3v) is 3.80. The lowest BCUT2D eigenvalue weighted by Crippen LogP contribution is -2.49. The fourth-order valence-electron chi connectivity index (χ4n) is 2.53. The van der Waals surface area contributed by atoms with E-state index in [-0.39, 0.29) is 11.2 Å². The van der Waals surface area contributed by atoms with E-state index in [0.29, 0.717) is 5.11 Å². The van der Waals surface area contributed by atoms with Gasteiger partial charge in [0.25, 0.3) is 0 Å². The van der Waals surface area contributed by atoms with Crippen LogP contribution in [0.15, 0.2) is 40.6 Å². The van der Waals surface area contributed by atoms with Gasteiger partial charge in [0, 0.05) is 5.69 Å². The van der Waals surface area contributed by atoms with E-state index in [1.807, 2.05) is 30.3 Å². The molecule has 0 unspecified atom stereocenters. The van der Waals surface area contributed by atoms with Gasteiger partial charge in [0.05, 0.1) is 5.54 Å². The highest BCUT2D eigenvalue weighted by atomic mass is 32.1. The first-order valence-corrected chi connectivity index (χ1v) is 8.38. The predicted molar refractivity (Wildman–Crippen MR) is 96.2 cm³/mol. The van der Waals surface area contributed by atoms with E-state index in [4.69, 9.17) is 12.2 Å². The van der Waals surface area contributed by atoms with Crippen molar-refractivity contribution in [2.75, 3.05) is 5.32 Å². The van der Waals surface area contributed by atoms with Crippen molar-refractivity contribution < 1.29 is 0 Å². The summed E-state index contributed by atoms with van der Waals surface area (Å²) < 4.78 is 0. The summed E-state index contributed by atoms with van der Waals surface area (Å²) in [4.78, 5) is 0. The quantitative estimate of drug-likeness (QED) is 0.616. The SMILES string of the molecule is CC(C)(C)/N=N/C1(NC(=S)Nc2ccccc2)CCCCC1. The van der Waals surface area contributed by atoms with Crippen LogP contribution in [0.1, 0.15) is 52.9 Å². The van der Waals surface area contributed by atoms with Crippen LogP contribution in [0.3, 0.4) is 0 Å². The molecule has 0 aromatic heterocycles. The Labute approximate surface area is 138 Å². The Kier molecular flexibility index (Phi) is 5.51. The summed E-state index contributed by atoms with van der Waals surface area (Å²) >= 11 is 5.47. The number of hydrogen-bond donors (Lipinski definition) is 2. The van der Waals surface area contributed by atoms with Crippen LogP contribution >= 0.6 is 12.2 Å². The molecule has 0 spiro atoms. The highest BCUT2D eigenvalue weighted by Crippen LogP contribution is 2.31. The number of rotatable bonds is 3. The summed E-state index contributed by atoms with van der Waals surface area (Å²) in [5.41, 5.74) is 0.462. The molecule has 2 rings (SSSR count). The predicted octanol–water partition coefficient (Wildman–Crippen LogP) is 4.88.